The summed E-state index contributed by atoms with van der Waals surface area (Å²) in [5, 5.41) is 4.07. The fraction of sp³-hybridized carbons (Fsp3) is 0.123. The highest BCUT2D eigenvalue weighted by Crippen LogP contribution is 2.55. The largest absolute Gasteiger partial charge is 0.358 e. The van der Waals surface area contributed by atoms with E-state index in [1.807, 2.05) is 0 Å². The number of allylic oxidation sites excluding steroid dienone is 11. The summed E-state index contributed by atoms with van der Waals surface area (Å²) in [6.07, 6.45) is 23.2. The van der Waals surface area contributed by atoms with Crippen molar-refractivity contribution >= 4 is 23.0 Å². The van der Waals surface area contributed by atoms with Crippen molar-refractivity contribution in [1.82, 2.24) is 5.32 Å². The van der Waals surface area contributed by atoms with Crippen molar-refractivity contribution in [2.24, 2.45) is 11.8 Å². The van der Waals surface area contributed by atoms with E-state index in [-0.39, 0.29) is 23.8 Å². The molecule has 2 aliphatic heterocycles. The first-order chi connectivity index (χ1) is 37.0. The number of nitrogens with one attached hydrogen (secondary N) is 1. The molecule has 0 aromatic heterocycles. The standard InChI is InChI=1S/C73H62N2/c1-4-22-60(43-51-36-38-56(39-37-51)52-24-11-6-12-25-52)65-45-61(54-28-15-8-16-29-54)47-68-67(70(23-5-2)74-72(65)68)42-50(3)58-40-41-64-69-48-62(55-30-17-9-18-31-55)46-66(57-32-19-10-20-33-57)73(69)75(71(64)49-58)63-35-21-34-59(44-63)53-26-13-7-14-27-53/h4-41,43-46,48-50,64,68,71,74H,42,47H2,1-3H3/b22-4-,23-5-,60-43-/t50-,64?,68+,71?/m1/s1. The van der Waals surface area contributed by atoms with Crippen LogP contribution >= 0.6 is 0 Å². The molecule has 8 aromatic rings. The van der Waals surface area contributed by atoms with Crippen LogP contribution in [-0.4, -0.2) is 6.04 Å². The van der Waals surface area contributed by atoms with E-state index in [4.69, 9.17) is 0 Å². The van der Waals surface area contributed by atoms with Gasteiger partial charge in [-0.1, -0.05) is 231 Å². The molecule has 364 valence electrons. The van der Waals surface area contributed by atoms with Crippen LogP contribution in [0.2, 0.25) is 0 Å². The average molecular weight is 967 g/mol. The molecular formula is C73H62N2. The molecule has 0 spiro atoms. The molecule has 12 rings (SSSR count). The van der Waals surface area contributed by atoms with Crippen molar-refractivity contribution in [2.45, 2.75) is 45.6 Å². The molecule has 0 saturated carbocycles. The summed E-state index contributed by atoms with van der Waals surface area (Å²) in [5.74, 6) is 0.604. The third-order valence-electron chi connectivity index (χ3n) is 15.7. The van der Waals surface area contributed by atoms with Crippen molar-refractivity contribution in [3.63, 3.8) is 0 Å². The van der Waals surface area contributed by atoms with E-state index in [2.05, 4.69) is 298 Å². The number of nitrogens with zero attached hydrogens (tertiary/aromatic N) is 1. The van der Waals surface area contributed by atoms with Gasteiger partial charge in [0.05, 0.1) is 11.7 Å². The Kier molecular flexibility index (Phi) is 13.3. The van der Waals surface area contributed by atoms with Crippen LogP contribution in [0, 0.1) is 11.8 Å². The smallest absolute Gasteiger partial charge is 0.0632 e. The highest BCUT2D eigenvalue weighted by Gasteiger charge is 2.42. The molecule has 0 radical (unpaired) electrons. The molecule has 4 aliphatic rings. The summed E-state index contributed by atoms with van der Waals surface area (Å²) in [6.45, 7) is 6.72. The molecule has 2 aliphatic carbocycles. The van der Waals surface area contributed by atoms with E-state index in [1.165, 1.54) is 112 Å². The zero-order valence-electron chi connectivity index (χ0n) is 43.1. The number of anilines is 2. The van der Waals surface area contributed by atoms with Gasteiger partial charge in [-0.25, -0.2) is 0 Å². The third-order valence-corrected chi connectivity index (χ3v) is 15.7. The van der Waals surface area contributed by atoms with Crippen molar-refractivity contribution in [3.05, 3.63) is 311 Å². The topological polar surface area (TPSA) is 15.3 Å². The van der Waals surface area contributed by atoms with Crippen LogP contribution in [0.3, 0.4) is 0 Å². The van der Waals surface area contributed by atoms with Crippen molar-refractivity contribution in [1.29, 1.82) is 0 Å². The molecule has 0 bridgehead atoms. The van der Waals surface area contributed by atoms with Gasteiger partial charge in [-0.05, 0) is 153 Å². The monoisotopic (exact) mass is 966 g/mol. The number of hydrogen-bond acceptors (Lipinski definition) is 2. The Labute approximate surface area is 444 Å². The van der Waals surface area contributed by atoms with Gasteiger partial charge in [-0.15, -0.1) is 0 Å². The molecule has 4 atom stereocenters. The Morgan fingerprint density at radius 3 is 1.83 bits per heavy atom. The molecule has 0 amide bonds. The van der Waals surface area contributed by atoms with E-state index in [1.54, 1.807) is 0 Å². The van der Waals surface area contributed by atoms with Gasteiger partial charge in [-0.3, -0.25) is 0 Å². The minimum Gasteiger partial charge on any atom is -0.358 e. The van der Waals surface area contributed by atoms with Crippen LogP contribution < -0.4 is 10.2 Å². The quantitative estimate of drug-likeness (QED) is 0.116. The van der Waals surface area contributed by atoms with Crippen LogP contribution in [0.1, 0.15) is 56.2 Å². The first kappa shape index (κ1) is 47.3. The zero-order chi connectivity index (χ0) is 50.7. The molecule has 0 saturated heterocycles. The van der Waals surface area contributed by atoms with Crippen LogP contribution in [0.5, 0.6) is 0 Å². The highest BCUT2D eigenvalue weighted by molar-refractivity contribution is 5.93. The molecular weight excluding hydrogens is 905 g/mol. The Morgan fingerprint density at radius 2 is 1.19 bits per heavy atom. The summed E-state index contributed by atoms with van der Waals surface area (Å²) in [4.78, 5) is 2.66. The summed E-state index contributed by atoms with van der Waals surface area (Å²) in [6, 6.07) is 77.5. The van der Waals surface area contributed by atoms with E-state index in [9.17, 15) is 0 Å². The lowest BCUT2D eigenvalue weighted by molar-refractivity contribution is 0.603. The fourth-order valence-corrected chi connectivity index (χ4v) is 12.0. The zero-order valence-corrected chi connectivity index (χ0v) is 43.1. The van der Waals surface area contributed by atoms with E-state index < -0.39 is 0 Å². The third kappa shape index (κ3) is 9.45. The number of benzene rings is 8. The minimum absolute atomic E-state index is 0.0762. The maximum absolute atomic E-state index is 4.07. The summed E-state index contributed by atoms with van der Waals surface area (Å²) in [5.41, 5.74) is 25.3. The number of hydrogen-bond donors (Lipinski definition) is 1. The fourth-order valence-electron chi connectivity index (χ4n) is 12.0. The summed E-state index contributed by atoms with van der Waals surface area (Å²) in [7, 11) is 0. The second-order valence-electron chi connectivity index (χ2n) is 20.4. The van der Waals surface area contributed by atoms with Gasteiger partial charge in [0.15, 0.2) is 0 Å². The highest BCUT2D eigenvalue weighted by atomic mass is 15.2. The Hall–Kier alpha value is -8.72. The molecule has 2 heterocycles. The summed E-state index contributed by atoms with van der Waals surface area (Å²) < 4.78 is 0. The van der Waals surface area contributed by atoms with Crippen molar-refractivity contribution in [2.75, 3.05) is 4.90 Å². The number of rotatable bonds is 13. The second-order valence-corrected chi connectivity index (χ2v) is 20.4. The first-order valence-electron chi connectivity index (χ1n) is 26.8. The molecule has 2 unspecified atom stereocenters. The lowest BCUT2D eigenvalue weighted by Gasteiger charge is -2.32. The minimum atomic E-state index is 0.0762. The lowest BCUT2D eigenvalue weighted by Crippen LogP contribution is -2.30. The van der Waals surface area contributed by atoms with Crippen molar-refractivity contribution < 1.29 is 0 Å². The van der Waals surface area contributed by atoms with Crippen LogP contribution in [0.25, 0.3) is 56.2 Å². The van der Waals surface area contributed by atoms with E-state index >= 15 is 0 Å². The lowest BCUT2D eigenvalue weighted by atomic mass is 9.76. The molecule has 8 aromatic carbocycles. The maximum Gasteiger partial charge on any atom is 0.0632 e. The van der Waals surface area contributed by atoms with Crippen LogP contribution in [0.15, 0.2) is 295 Å². The average Bonchev–Trinajstić information content (AvgIpc) is 4.06. The normalized spacial score (nSPS) is 18.5. The van der Waals surface area contributed by atoms with E-state index in [0.717, 1.165) is 12.8 Å². The van der Waals surface area contributed by atoms with Gasteiger partial charge < -0.3 is 10.2 Å². The van der Waals surface area contributed by atoms with Gasteiger partial charge in [0.25, 0.3) is 0 Å². The van der Waals surface area contributed by atoms with Gasteiger partial charge in [0, 0.05) is 40.1 Å². The van der Waals surface area contributed by atoms with Crippen LogP contribution in [0.4, 0.5) is 11.4 Å². The Bertz CT molecular complexity index is 3630. The van der Waals surface area contributed by atoms with Gasteiger partial charge >= 0.3 is 0 Å². The Balaban J connectivity index is 0.940. The molecule has 2 heteroatoms. The molecule has 1 N–H and O–H groups in total. The predicted molar refractivity (Wildman–Crippen MR) is 318 cm³/mol. The predicted octanol–water partition coefficient (Wildman–Crippen LogP) is 18.9. The first-order valence-corrected chi connectivity index (χ1v) is 26.8. The Morgan fingerprint density at radius 1 is 0.600 bits per heavy atom. The molecule has 0 fully saturated rings. The van der Waals surface area contributed by atoms with Gasteiger partial charge in [0.2, 0.25) is 0 Å². The molecule has 2 nitrogen and oxygen atoms in total. The SMILES string of the molecule is C/C=C\C1=C(C[C@@H](C)C2=CC3C(C=C2)c2cc(-c4ccccc4)cc(-c4ccccc4)c2N3c2cccc(-c3ccccc3)c2)[C@@H]2CC(c3ccccc3)=CC(C(/C=C\C)=C\c3ccc(-c4ccccc4)cc3)=C2N1. The van der Waals surface area contributed by atoms with E-state index in [0.29, 0.717) is 0 Å². The maximum atomic E-state index is 4.07. The van der Waals surface area contributed by atoms with Crippen molar-refractivity contribution in [3.8, 4) is 44.5 Å². The summed E-state index contributed by atoms with van der Waals surface area (Å²) >= 11 is 0. The van der Waals surface area contributed by atoms with Crippen LogP contribution in [-0.2, 0) is 0 Å². The van der Waals surface area contributed by atoms with Gasteiger partial charge in [0.1, 0.15) is 0 Å². The molecule has 75 heavy (non-hydrogen) atoms. The van der Waals surface area contributed by atoms with Gasteiger partial charge in [-0.2, -0.15) is 0 Å². The second kappa shape index (κ2) is 21.0. The number of fused-ring (bicyclic) bond motifs is 4.